The van der Waals surface area contributed by atoms with E-state index in [9.17, 15) is 0 Å². The summed E-state index contributed by atoms with van der Waals surface area (Å²) < 4.78 is 5.12. The molecule has 0 aromatic heterocycles. The first-order chi connectivity index (χ1) is 8.72. The minimum absolute atomic E-state index is 0.0559. The largest absolute Gasteiger partial charge is 0.394 e. The van der Waals surface area contributed by atoms with Crippen molar-refractivity contribution in [2.75, 3.05) is 31.7 Å². The number of hydrogen-bond acceptors (Lipinski definition) is 3. The Kier molecular flexibility index (Phi) is 6.83. The second kappa shape index (κ2) is 8.49. The van der Waals surface area contributed by atoms with E-state index in [4.69, 9.17) is 15.6 Å². The first-order valence-electron chi connectivity index (χ1n) is 6.04. The van der Waals surface area contributed by atoms with Crippen LogP contribution in [0.25, 0.3) is 0 Å². The van der Waals surface area contributed by atoms with Gasteiger partial charge in [0.1, 0.15) is 0 Å². The van der Waals surface area contributed by atoms with Gasteiger partial charge in [0.25, 0.3) is 0 Å². The second-order valence-electron chi connectivity index (χ2n) is 3.95. The van der Waals surface area contributed by atoms with Gasteiger partial charge in [0, 0.05) is 18.8 Å². The average Bonchev–Trinajstić information content (AvgIpc) is 2.33. The van der Waals surface area contributed by atoms with Crippen LogP contribution in [0.5, 0.6) is 0 Å². The highest BCUT2D eigenvalue weighted by atomic mass is 16.5. The second-order valence-corrected chi connectivity index (χ2v) is 3.95. The van der Waals surface area contributed by atoms with Crippen LogP contribution in [0.3, 0.4) is 0 Å². The lowest BCUT2D eigenvalue weighted by molar-refractivity contribution is 0.0918. The summed E-state index contributed by atoms with van der Waals surface area (Å²) in [6.07, 6.45) is 0.788. The molecule has 0 saturated heterocycles. The summed E-state index contributed by atoms with van der Waals surface area (Å²) in [5.74, 6) is 0.405. The van der Waals surface area contributed by atoms with E-state index in [1.54, 1.807) is 0 Å². The van der Waals surface area contributed by atoms with E-state index >= 15 is 0 Å². The molecule has 0 fully saturated rings. The third-order valence-corrected chi connectivity index (χ3v) is 2.26. The van der Waals surface area contributed by atoms with Gasteiger partial charge in [-0.05, 0) is 31.0 Å². The topological polar surface area (TPSA) is 79.9 Å². The zero-order chi connectivity index (χ0) is 13.2. The lowest BCUT2D eigenvalue weighted by atomic mass is 10.2. The quantitative estimate of drug-likeness (QED) is 0.385. The van der Waals surface area contributed by atoms with Crippen molar-refractivity contribution in [3.05, 3.63) is 29.8 Å². The number of nitrogens with two attached hydrogens (primary N) is 1. The molecule has 0 aliphatic carbocycles. The number of aryl methyl sites for hydroxylation is 1. The summed E-state index contributed by atoms with van der Waals surface area (Å²) >= 11 is 0. The molecule has 0 spiro atoms. The Balaban J connectivity index is 2.25. The van der Waals surface area contributed by atoms with E-state index in [2.05, 4.69) is 10.3 Å². The van der Waals surface area contributed by atoms with Gasteiger partial charge in [-0.15, -0.1) is 0 Å². The summed E-state index contributed by atoms with van der Waals surface area (Å²) in [5, 5.41) is 11.5. The number of ether oxygens (including phenoxy) is 1. The van der Waals surface area contributed by atoms with Crippen molar-refractivity contribution >= 4 is 11.6 Å². The highest BCUT2D eigenvalue weighted by molar-refractivity contribution is 5.92. The normalized spacial score (nSPS) is 11.6. The van der Waals surface area contributed by atoms with Crippen LogP contribution in [0, 0.1) is 6.92 Å². The van der Waals surface area contributed by atoms with Crippen LogP contribution in [-0.2, 0) is 4.74 Å². The van der Waals surface area contributed by atoms with Crippen molar-refractivity contribution < 1.29 is 9.84 Å². The van der Waals surface area contributed by atoms with Gasteiger partial charge < -0.3 is 20.9 Å². The zero-order valence-electron chi connectivity index (χ0n) is 10.7. The molecule has 1 rings (SSSR count). The van der Waals surface area contributed by atoms with E-state index in [1.807, 2.05) is 31.2 Å². The Bertz CT molecular complexity index is 380. The standard InChI is InChI=1S/C13H21N3O2/c1-11-4-2-5-12(10-11)16-13(14)15-6-3-8-18-9-7-17/h2,4-5,10,17H,3,6-9H2,1H3,(H3,14,15,16). The predicted molar refractivity (Wildman–Crippen MR) is 73.8 cm³/mol. The summed E-state index contributed by atoms with van der Waals surface area (Å²) in [5.41, 5.74) is 7.86. The summed E-state index contributed by atoms with van der Waals surface area (Å²) in [4.78, 5) is 4.19. The number of benzene rings is 1. The number of aliphatic imine (C=N–C) groups is 1. The smallest absolute Gasteiger partial charge is 0.193 e. The van der Waals surface area contributed by atoms with Crippen LogP contribution < -0.4 is 11.1 Å². The minimum Gasteiger partial charge on any atom is -0.394 e. The molecule has 0 aliphatic heterocycles. The van der Waals surface area contributed by atoms with E-state index < -0.39 is 0 Å². The lowest BCUT2D eigenvalue weighted by Crippen LogP contribution is -2.23. The summed E-state index contributed by atoms with van der Waals surface area (Å²) in [6, 6.07) is 7.94. The molecule has 4 N–H and O–H groups in total. The van der Waals surface area contributed by atoms with Crippen LogP contribution in [0.2, 0.25) is 0 Å². The molecule has 1 aromatic rings. The number of rotatable bonds is 7. The van der Waals surface area contributed by atoms with E-state index in [1.165, 1.54) is 5.56 Å². The molecule has 0 aliphatic rings. The first-order valence-corrected chi connectivity index (χ1v) is 6.04. The molecule has 0 saturated carbocycles. The van der Waals surface area contributed by atoms with Crippen LogP contribution in [0.4, 0.5) is 5.69 Å². The molecule has 100 valence electrons. The van der Waals surface area contributed by atoms with Crippen molar-refractivity contribution in [1.82, 2.24) is 0 Å². The molecule has 0 unspecified atom stereocenters. The van der Waals surface area contributed by atoms with Crippen molar-refractivity contribution in [2.24, 2.45) is 10.7 Å². The molecule has 0 amide bonds. The van der Waals surface area contributed by atoms with E-state index in [-0.39, 0.29) is 6.61 Å². The maximum atomic E-state index is 8.51. The van der Waals surface area contributed by atoms with Gasteiger partial charge in [-0.25, -0.2) is 0 Å². The highest BCUT2D eigenvalue weighted by Gasteiger charge is 1.95. The van der Waals surface area contributed by atoms with Crippen LogP contribution in [-0.4, -0.2) is 37.4 Å². The monoisotopic (exact) mass is 251 g/mol. The maximum Gasteiger partial charge on any atom is 0.193 e. The number of hydrogen-bond donors (Lipinski definition) is 3. The van der Waals surface area contributed by atoms with Gasteiger partial charge in [-0.1, -0.05) is 12.1 Å². The third kappa shape index (κ3) is 6.22. The Morgan fingerprint density at radius 3 is 3.00 bits per heavy atom. The fourth-order valence-corrected chi connectivity index (χ4v) is 1.44. The molecule has 0 atom stereocenters. The Labute approximate surface area is 108 Å². The summed E-state index contributed by atoms with van der Waals surface area (Å²) in [7, 11) is 0. The number of nitrogens with zero attached hydrogens (tertiary/aromatic N) is 1. The maximum absolute atomic E-state index is 8.51. The van der Waals surface area contributed by atoms with Crippen molar-refractivity contribution in [3.63, 3.8) is 0 Å². The molecule has 5 nitrogen and oxygen atoms in total. The third-order valence-electron chi connectivity index (χ3n) is 2.26. The highest BCUT2D eigenvalue weighted by Crippen LogP contribution is 2.08. The van der Waals surface area contributed by atoms with Crippen LogP contribution in [0.15, 0.2) is 29.3 Å². The molecular formula is C13H21N3O2. The van der Waals surface area contributed by atoms with Crippen molar-refractivity contribution in [2.45, 2.75) is 13.3 Å². The molecular weight excluding hydrogens is 230 g/mol. The van der Waals surface area contributed by atoms with Crippen molar-refractivity contribution in [1.29, 1.82) is 0 Å². The zero-order valence-corrected chi connectivity index (χ0v) is 10.7. The number of guanidine groups is 1. The van der Waals surface area contributed by atoms with Gasteiger partial charge in [0.2, 0.25) is 0 Å². The Morgan fingerprint density at radius 1 is 1.44 bits per heavy atom. The van der Waals surface area contributed by atoms with Gasteiger partial charge in [0.05, 0.1) is 13.2 Å². The number of aliphatic hydroxyl groups is 1. The predicted octanol–water partition coefficient (Wildman–Crippen LogP) is 1.12. The Hall–Kier alpha value is -1.59. The first kappa shape index (κ1) is 14.5. The Morgan fingerprint density at radius 2 is 2.28 bits per heavy atom. The van der Waals surface area contributed by atoms with E-state index in [0.29, 0.717) is 25.7 Å². The molecule has 0 radical (unpaired) electrons. The number of nitrogens with one attached hydrogen (secondary N) is 1. The van der Waals surface area contributed by atoms with Crippen molar-refractivity contribution in [3.8, 4) is 0 Å². The van der Waals surface area contributed by atoms with Crippen LogP contribution in [0.1, 0.15) is 12.0 Å². The van der Waals surface area contributed by atoms with Gasteiger partial charge >= 0.3 is 0 Å². The molecule has 0 heterocycles. The lowest BCUT2D eigenvalue weighted by Gasteiger charge is -2.06. The summed E-state index contributed by atoms with van der Waals surface area (Å²) in [6.45, 7) is 3.65. The number of aliphatic hydroxyl groups excluding tert-OH is 1. The van der Waals surface area contributed by atoms with Crippen LogP contribution >= 0.6 is 0 Å². The molecule has 18 heavy (non-hydrogen) atoms. The molecule has 1 aromatic carbocycles. The number of anilines is 1. The fourth-order valence-electron chi connectivity index (χ4n) is 1.44. The van der Waals surface area contributed by atoms with Gasteiger partial charge in [0.15, 0.2) is 5.96 Å². The SMILES string of the molecule is Cc1cccc(NC(N)=NCCCOCCO)c1. The molecule has 0 bridgehead atoms. The average molecular weight is 251 g/mol. The fraction of sp³-hybridized carbons (Fsp3) is 0.462. The van der Waals surface area contributed by atoms with Gasteiger partial charge in [-0.3, -0.25) is 4.99 Å². The minimum atomic E-state index is 0.0559. The molecule has 5 heteroatoms. The van der Waals surface area contributed by atoms with Gasteiger partial charge in [-0.2, -0.15) is 0 Å². The van der Waals surface area contributed by atoms with E-state index in [0.717, 1.165) is 12.1 Å².